The number of hydrogen-bond donors (Lipinski definition) is 0. The highest BCUT2D eigenvalue weighted by Crippen LogP contribution is 2.40. The summed E-state index contributed by atoms with van der Waals surface area (Å²) < 4.78 is 2.13. The Morgan fingerprint density at radius 2 is 2.07 bits per heavy atom. The number of rotatable bonds is 1. The molecule has 15 heavy (non-hydrogen) atoms. The van der Waals surface area contributed by atoms with Crippen LogP contribution in [-0.2, 0) is 0 Å². The van der Waals surface area contributed by atoms with Gasteiger partial charge >= 0.3 is 0 Å². The minimum Gasteiger partial charge on any atom is -0.304 e. The molecule has 0 spiro atoms. The van der Waals surface area contributed by atoms with Crippen molar-refractivity contribution in [2.45, 2.75) is 39.5 Å². The summed E-state index contributed by atoms with van der Waals surface area (Å²) in [5.41, 5.74) is 3.75. The summed E-state index contributed by atoms with van der Waals surface area (Å²) in [6.45, 7) is 6.08. The topological polar surface area (TPSA) is 17.3 Å². The summed E-state index contributed by atoms with van der Waals surface area (Å²) >= 11 is 0. The fourth-order valence-electron chi connectivity index (χ4n) is 1.79. The molecule has 0 unspecified atom stereocenters. The maximum absolute atomic E-state index is 4.35. The third-order valence-electron chi connectivity index (χ3n) is 2.77. The molecule has 2 heteroatoms. The third kappa shape index (κ3) is 1.89. The van der Waals surface area contributed by atoms with Crippen molar-refractivity contribution in [1.82, 2.24) is 9.38 Å². The predicted octanol–water partition coefficient (Wildman–Crippen LogP) is 3.55. The van der Waals surface area contributed by atoms with Gasteiger partial charge in [-0.2, -0.15) is 0 Å². The summed E-state index contributed by atoms with van der Waals surface area (Å²) in [6, 6.07) is 4.43. The highest BCUT2D eigenvalue weighted by atomic mass is 15.0. The summed E-state index contributed by atoms with van der Waals surface area (Å²) in [5, 5.41) is 0. The number of fused-ring (bicyclic) bond motifs is 1. The normalized spacial score (nSPS) is 14.9. The van der Waals surface area contributed by atoms with Crippen molar-refractivity contribution in [3.8, 4) is 0 Å². The van der Waals surface area contributed by atoms with Gasteiger partial charge in [0, 0.05) is 18.1 Å². The lowest BCUT2D eigenvalue weighted by Gasteiger charge is -1.99. The number of hydrogen-bond acceptors (Lipinski definition) is 1. The van der Waals surface area contributed by atoms with Crippen LogP contribution in [0, 0.1) is 6.92 Å². The monoisotopic (exact) mass is 202 g/mol. The first-order valence-electron chi connectivity index (χ1n) is 5.78. The number of imidazole rings is 1. The molecule has 0 N–H and O–H groups in total. The molecule has 0 radical (unpaired) electrons. The van der Waals surface area contributed by atoms with E-state index >= 15 is 0 Å². The number of aromatic nitrogens is 2. The van der Waals surface area contributed by atoms with Crippen LogP contribution in [0.2, 0.25) is 0 Å². The minimum atomic E-state index is 0.821. The van der Waals surface area contributed by atoms with Crippen molar-refractivity contribution in [3.63, 3.8) is 0 Å². The Labute approximate surface area is 91.0 Å². The first-order valence-corrected chi connectivity index (χ1v) is 5.78. The Kier molecular flexibility index (Phi) is 2.76. The Bertz CT molecular complexity index is 453. The van der Waals surface area contributed by atoms with Gasteiger partial charge in [0.2, 0.25) is 0 Å². The summed E-state index contributed by atoms with van der Waals surface area (Å²) in [5.74, 6) is 0.821. The van der Waals surface area contributed by atoms with Gasteiger partial charge in [-0.1, -0.05) is 13.8 Å². The highest BCUT2D eigenvalue weighted by molar-refractivity contribution is 5.44. The summed E-state index contributed by atoms with van der Waals surface area (Å²) in [6.07, 6.45) is 6.77. The average Bonchev–Trinajstić information content (AvgIpc) is 3.07. The van der Waals surface area contributed by atoms with Crippen molar-refractivity contribution in [2.75, 3.05) is 0 Å². The van der Waals surface area contributed by atoms with Gasteiger partial charge in [0.15, 0.2) is 0 Å². The van der Waals surface area contributed by atoms with Gasteiger partial charge in [-0.15, -0.1) is 0 Å². The zero-order valence-corrected chi connectivity index (χ0v) is 9.70. The van der Waals surface area contributed by atoms with Crippen LogP contribution in [0.15, 0.2) is 24.5 Å². The number of aryl methyl sites for hydroxylation is 1. The first-order chi connectivity index (χ1) is 7.34. The van der Waals surface area contributed by atoms with Crippen LogP contribution in [0.4, 0.5) is 0 Å². The molecule has 0 aromatic carbocycles. The second-order valence-corrected chi connectivity index (χ2v) is 3.86. The van der Waals surface area contributed by atoms with Crippen molar-refractivity contribution >= 4 is 5.65 Å². The fourth-order valence-corrected chi connectivity index (χ4v) is 1.79. The van der Waals surface area contributed by atoms with E-state index in [1.807, 2.05) is 20.0 Å². The number of pyridine rings is 1. The van der Waals surface area contributed by atoms with E-state index in [9.17, 15) is 0 Å². The molecule has 2 aromatic rings. The SMILES string of the molecule is CC.Cc1cnc2cc(C3CC3)ccn12. The van der Waals surface area contributed by atoms with Crippen molar-refractivity contribution in [3.05, 3.63) is 35.8 Å². The third-order valence-corrected chi connectivity index (χ3v) is 2.77. The van der Waals surface area contributed by atoms with E-state index in [0.29, 0.717) is 0 Å². The fraction of sp³-hybridized carbons (Fsp3) is 0.462. The lowest BCUT2D eigenvalue weighted by atomic mass is 10.2. The van der Waals surface area contributed by atoms with Crippen molar-refractivity contribution < 1.29 is 0 Å². The lowest BCUT2D eigenvalue weighted by Crippen LogP contribution is -1.88. The molecule has 2 heterocycles. The highest BCUT2D eigenvalue weighted by Gasteiger charge is 2.23. The van der Waals surface area contributed by atoms with Crippen LogP contribution in [0.25, 0.3) is 5.65 Å². The molecule has 2 aromatic heterocycles. The second-order valence-electron chi connectivity index (χ2n) is 3.86. The Morgan fingerprint density at radius 1 is 1.33 bits per heavy atom. The smallest absolute Gasteiger partial charge is 0.137 e. The maximum Gasteiger partial charge on any atom is 0.137 e. The zero-order valence-electron chi connectivity index (χ0n) is 9.70. The van der Waals surface area contributed by atoms with E-state index < -0.39 is 0 Å². The standard InChI is InChI=1S/C11H12N2.C2H6/c1-8-7-12-11-6-10(9-2-3-9)4-5-13(8)11;1-2/h4-7,9H,2-3H2,1H3;1-2H3. The minimum absolute atomic E-state index is 0.821. The van der Waals surface area contributed by atoms with Gasteiger partial charge in [0.25, 0.3) is 0 Å². The van der Waals surface area contributed by atoms with E-state index in [1.54, 1.807) is 0 Å². The molecule has 0 atom stereocenters. The van der Waals surface area contributed by atoms with E-state index in [-0.39, 0.29) is 0 Å². The van der Waals surface area contributed by atoms with Crippen LogP contribution in [0.3, 0.4) is 0 Å². The van der Waals surface area contributed by atoms with Crippen LogP contribution < -0.4 is 0 Å². The quantitative estimate of drug-likeness (QED) is 0.691. The molecule has 2 nitrogen and oxygen atoms in total. The molecule has 1 fully saturated rings. The molecule has 3 rings (SSSR count). The molecule has 0 aliphatic heterocycles. The van der Waals surface area contributed by atoms with Crippen LogP contribution in [0.5, 0.6) is 0 Å². The summed E-state index contributed by atoms with van der Waals surface area (Å²) in [7, 11) is 0. The average molecular weight is 202 g/mol. The zero-order chi connectivity index (χ0) is 10.8. The van der Waals surface area contributed by atoms with Gasteiger partial charge in [-0.25, -0.2) is 4.98 Å². The van der Waals surface area contributed by atoms with Crippen molar-refractivity contribution in [2.24, 2.45) is 0 Å². The van der Waals surface area contributed by atoms with Crippen LogP contribution in [-0.4, -0.2) is 9.38 Å². The van der Waals surface area contributed by atoms with E-state index in [4.69, 9.17) is 0 Å². The van der Waals surface area contributed by atoms with Crippen molar-refractivity contribution in [1.29, 1.82) is 0 Å². The molecule has 0 saturated heterocycles. The molecular weight excluding hydrogens is 184 g/mol. The van der Waals surface area contributed by atoms with E-state index in [1.165, 1.54) is 24.1 Å². The molecule has 1 aliphatic carbocycles. The number of nitrogens with zero attached hydrogens (tertiary/aromatic N) is 2. The Morgan fingerprint density at radius 3 is 2.73 bits per heavy atom. The van der Waals surface area contributed by atoms with Crippen LogP contribution in [0.1, 0.15) is 43.9 Å². The van der Waals surface area contributed by atoms with Gasteiger partial charge in [-0.05, 0) is 43.4 Å². The summed E-state index contributed by atoms with van der Waals surface area (Å²) in [4.78, 5) is 4.35. The van der Waals surface area contributed by atoms with Gasteiger partial charge in [0.1, 0.15) is 5.65 Å². The molecule has 80 valence electrons. The Hall–Kier alpha value is -1.31. The molecular formula is C13H18N2. The van der Waals surface area contributed by atoms with Gasteiger partial charge in [0.05, 0.1) is 0 Å². The Balaban J connectivity index is 0.000000404. The first kappa shape index (κ1) is 10.2. The maximum atomic E-state index is 4.35. The predicted molar refractivity (Wildman–Crippen MR) is 63.3 cm³/mol. The molecule has 0 bridgehead atoms. The van der Waals surface area contributed by atoms with E-state index in [2.05, 4.69) is 34.6 Å². The largest absolute Gasteiger partial charge is 0.304 e. The van der Waals surface area contributed by atoms with Gasteiger partial charge < -0.3 is 4.40 Å². The molecule has 0 amide bonds. The van der Waals surface area contributed by atoms with E-state index in [0.717, 1.165) is 11.6 Å². The van der Waals surface area contributed by atoms with Gasteiger partial charge in [-0.3, -0.25) is 0 Å². The van der Waals surface area contributed by atoms with Crippen LogP contribution >= 0.6 is 0 Å². The second kappa shape index (κ2) is 4.05. The lowest BCUT2D eigenvalue weighted by molar-refractivity contribution is 1.06. The molecule has 1 saturated carbocycles. The molecule has 1 aliphatic rings.